The highest BCUT2D eigenvalue weighted by atomic mass is 35.5. The summed E-state index contributed by atoms with van der Waals surface area (Å²) < 4.78 is 0. The van der Waals surface area contributed by atoms with Crippen molar-refractivity contribution in [2.75, 3.05) is 5.32 Å². The largest absolute Gasteiger partial charge is 0.351 e. The molecule has 0 aliphatic carbocycles. The molecular weight excluding hydrogens is 190 g/mol. The van der Waals surface area contributed by atoms with E-state index >= 15 is 0 Å². The number of hydrogen-bond acceptors (Lipinski definition) is 2. The molecule has 1 rings (SSSR count). The predicted octanol–water partition coefficient (Wildman–Crippen LogP) is 1.06. The van der Waals surface area contributed by atoms with Crippen LogP contribution in [0.2, 0.25) is 0 Å². The molecule has 0 radical (unpaired) electrons. The highest BCUT2D eigenvalue weighted by Gasteiger charge is 1.94. The van der Waals surface area contributed by atoms with Crippen LogP contribution in [0.1, 0.15) is 5.56 Å². The van der Waals surface area contributed by atoms with Crippen molar-refractivity contribution < 1.29 is 4.79 Å². The molecule has 0 bridgehead atoms. The van der Waals surface area contributed by atoms with Crippen LogP contribution in [0.15, 0.2) is 24.3 Å². The van der Waals surface area contributed by atoms with E-state index in [1.165, 1.54) is 0 Å². The van der Waals surface area contributed by atoms with E-state index in [-0.39, 0.29) is 12.4 Å². The number of nitrogens with one attached hydrogen (secondary N) is 1. The number of hydrogen-bond donors (Lipinski definition) is 3. The fourth-order valence-electron chi connectivity index (χ4n) is 0.866. The highest BCUT2D eigenvalue weighted by Crippen LogP contribution is 2.08. The number of carbonyl (C=O) groups excluding carboxylic acids is 1. The van der Waals surface area contributed by atoms with Crippen molar-refractivity contribution in [2.24, 2.45) is 11.5 Å². The van der Waals surface area contributed by atoms with Crippen LogP contribution in [-0.2, 0) is 6.54 Å². The van der Waals surface area contributed by atoms with Gasteiger partial charge in [0.05, 0.1) is 0 Å². The molecule has 2 amide bonds. The topological polar surface area (TPSA) is 81.1 Å². The molecular formula is C8H12ClN3O. The van der Waals surface area contributed by atoms with Crippen molar-refractivity contribution in [3.05, 3.63) is 29.8 Å². The summed E-state index contributed by atoms with van der Waals surface area (Å²) in [5.41, 5.74) is 12.0. The van der Waals surface area contributed by atoms with Crippen LogP contribution in [0.3, 0.4) is 0 Å². The molecule has 4 nitrogen and oxygen atoms in total. The Morgan fingerprint density at radius 2 is 1.85 bits per heavy atom. The number of primary amides is 1. The van der Waals surface area contributed by atoms with Crippen molar-refractivity contribution in [1.82, 2.24) is 0 Å². The zero-order valence-corrected chi connectivity index (χ0v) is 7.80. The van der Waals surface area contributed by atoms with Crippen molar-refractivity contribution in [2.45, 2.75) is 6.54 Å². The lowest BCUT2D eigenvalue weighted by Crippen LogP contribution is -2.19. The van der Waals surface area contributed by atoms with E-state index < -0.39 is 6.03 Å². The van der Waals surface area contributed by atoms with Gasteiger partial charge in [-0.15, -0.1) is 12.4 Å². The van der Waals surface area contributed by atoms with Gasteiger partial charge in [0, 0.05) is 12.2 Å². The van der Waals surface area contributed by atoms with Gasteiger partial charge in [-0.3, -0.25) is 0 Å². The zero-order valence-electron chi connectivity index (χ0n) is 6.99. The number of nitrogens with two attached hydrogens (primary N) is 2. The first kappa shape index (κ1) is 11.7. The summed E-state index contributed by atoms with van der Waals surface area (Å²) in [6.07, 6.45) is 0. The molecule has 5 N–H and O–H groups in total. The lowest BCUT2D eigenvalue weighted by Gasteiger charge is -2.01. The summed E-state index contributed by atoms with van der Waals surface area (Å²) in [7, 11) is 0. The third kappa shape index (κ3) is 3.78. The first-order valence-electron chi connectivity index (χ1n) is 3.58. The van der Waals surface area contributed by atoms with E-state index in [0.29, 0.717) is 12.2 Å². The van der Waals surface area contributed by atoms with Gasteiger partial charge >= 0.3 is 6.03 Å². The molecule has 13 heavy (non-hydrogen) atoms. The Balaban J connectivity index is 0.00000144. The van der Waals surface area contributed by atoms with Crippen LogP contribution < -0.4 is 16.8 Å². The van der Waals surface area contributed by atoms with Crippen molar-refractivity contribution in [1.29, 1.82) is 0 Å². The molecule has 0 aliphatic rings. The van der Waals surface area contributed by atoms with Gasteiger partial charge in [0.2, 0.25) is 0 Å². The van der Waals surface area contributed by atoms with Crippen LogP contribution in [0, 0.1) is 0 Å². The molecule has 0 saturated carbocycles. The van der Waals surface area contributed by atoms with Gasteiger partial charge in [-0.1, -0.05) is 12.1 Å². The van der Waals surface area contributed by atoms with Crippen LogP contribution in [-0.4, -0.2) is 6.03 Å². The normalized spacial score (nSPS) is 8.69. The van der Waals surface area contributed by atoms with Gasteiger partial charge in [0.25, 0.3) is 0 Å². The Morgan fingerprint density at radius 1 is 1.31 bits per heavy atom. The van der Waals surface area contributed by atoms with Crippen molar-refractivity contribution >= 4 is 24.1 Å². The first-order valence-corrected chi connectivity index (χ1v) is 3.58. The van der Waals surface area contributed by atoms with E-state index in [2.05, 4.69) is 5.32 Å². The molecule has 0 unspecified atom stereocenters. The van der Waals surface area contributed by atoms with Crippen LogP contribution in [0.4, 0.5) is 10.5 Å². The Morgan fingerprint density at radius 3 is 2.23 bits per heavy atom. The maximum atomic E-state index is 10.4. The van der Waals surface area contributed by atoms with E-state index in [0.717, 1.165) is 5.56 Å². The molecule has 0 saturated heterocycles. The minimum absolute atomic E-state index is 0. The summed E-state index contributed by atoms with van der Waals surface area (Å²) >= 11 is 0. The summed E-state index contributed by atoms with van der Waals surface area (Å²) in [6.45, 7) is 0.497. The second kappa shape index (κ2) is 5.40. The van der Waals surface area contributed by atoms with Gasteiger partial charge in [-0.05, 0) is 17.7 Å². The lowest BCUT2D eigenvalue weighted by atomic mass is 10.2. The minimum Gasteiger partial charge on any atom is -0.351 e. The average molecular weight is 202 g/mol. The first-order chi connectivity index (χ1) is 5.72. The number of anilines is 1. The van der Waals surface area contributed by atoms with Gasteiger partial charge in [-0.25, -0.2) is 4.79 Å². The Labute approximate surface area is 82.7 Å². The number of rotatable bonds is 2. The van der Waals surface area contributed by atoms with Crippen molar-refractivity contribution in [3.8, 4) is 0 Å². The second-order valence-electron chi connectivity index (χ2n) is 2.39. The summed E-state index contributed by atoms with van der Waals surface area (Å²) in [6, 6.07) is 6.63. The zero-order chi connectivity index (χ0) is 8.97. The van der Waals surface area contributed by atoms with Gasteiger partial charge in [-0.2, -0.15) is 0 Å². The maximum Gasteiger partial charge on any atom is 0.316 e. The monoisotopic (exact) mass is 201 g/mol. The van der Waals surface area contributed by atoms with Crippen LogP contribution >= 0.6 is 12.4 Å². The Bertz CT molecular complexity index is 273. The molecule has 0 spiro atoms. The summed E-state index contributed by atoms with van der Waals surface area (Å²) in [4.78, 5) is 10.4. The molecule has 1 aromatic rings. The Hall–Kier alpha value is -1.26. The van der Waals surface area contributed by atoms with Gasteiger partial charge < -0.3 is 16.8 Å². The fraction of sp³-hybridized carbons (Fsp3) is 0.125. The van der Waals surface area contributed by atoms with E-state index in [1.54, 1.807) is 12.1 Å². The standard InChI is InChI=1S/C8H11N3O.ClH/c9-5-6-1-3-7(4-2-6)11-8(10)12;/h1-4H,5,9H2,(H3,10,11,12);1H. The van der Waals surface area contributed by atoms with E-state index in [9.17, 15) is 4.79 Å². The number of benzene rings is 1. The van der Waals surface area contributed by atoms with E-state index in [4.69, 9.17) is 11.5 Å². The lowest BCUT2D eigenvalue weighted by molar-refractivity contribution is 0.259. The number of halogens is 1. The average Bonchev–Trinajstić information content (AvgIpc) is 2.05. The quantitative estimate of drug-likeness (QED) is 0.669. The highest BCUT2D eigenvalue weighted by molar-refractivity contribution is 5.87. The molecule has 1 aromatic carbocycles. The molecule has 72 valence electrons. The SMILES string of the molecule is Cl.NCc1ccc(NC(N)=O)cc1. The molecule has 5 heteroatoms. The number of urea groups is 1. The Kier molecular flexibility index (Phi) is 4.87. The molecule has 0 fully saturated rings. The third-order valence-corrected chi connectivity index (χ3v) is 1.46. The number of carbonyl (C=O) groups is 1. The molecule has 0 heterocycles. The third-order valence-electron chi connectivity index (χ3n) is 1.46. The maximum absolute atomic E-state index is 10.4. The van der Waals surface area contributed by atoms with Crippen LogP contribution in [0.5, 0.6) is 0 Å². The van der Waals surface area contributed by atoms with Gasteiger partial charge in [0.1, 0.15) is 0 Å². The summed E-state index contributed by atoms with van der Waals surface area (Å²) in [5, 5.41) is 2.45. The predicted molar refractivity (Wildman–Crippen MR) is 54.8 cm³/mol. The second-order valence-corrected chi connectivity index (χ2v) is 2.39. The summed E-state index contributed by atoms with van der Waals surface area (Å²) in [5.74, 6) is 0. The van der Waals surface area contributed by atoms with Crippen molar-refractivity contribution in [3.63, 3.8) is 0 Å². The smallest absolute Gasteiger partial charge is 0.316 e. The van der Waals surface area contributed by atoms with E-state index in [1.807, 2.05) is 12.1 Å². The fourth-order valence-corrected chi connectivity index (χ4v) is 0.866. The molecule has 0 aliphatic heterocycles. The van der Waals surface area contributed by atoms with Gasteiger partial charge in [0.15, 0.2) is 0 Å². The van der Waals surface area contributed by atoms with Crippen LogP contribution in [0.25, 0.3) is 0 Å². The molecule has 0 aromatic heterocycles. The molecule has 0 atom stereocenters. The number of amides is 2. The minimum atomic E-state index is -0.560.